The molecular weight excluding hydrogens is 360 g/mol. The lowest BCUT2D eigenvalue weighted by atomic mass is 10.1. The third-order valence-corrected chi connectivity index (χ3v) is 3.90. The maximum Gasteiger partial charge on any atom is 0.414 e. The molecule has 0 aromatic heterocycles. The Bertz CT molecular complexity index is 542. The van der Waals surface area contributed by atoms with Crippen molar-refractivity contribution in [2.24, 2.45) is 5.73 Å². The predicted molar refractivity (Wildman–Crippen MR) is 102 cm³/mol. The molecule has 0 atom stereocenters. The van der Waals surface area contributed by atoms with E-state index in [9.17, 15) is 0 Å². The third-order valence-electron chi connectivity index (χ3n) is 3.60. The van der Waals surface area contributed by atoms with Crippen LogP contribution in [0.25, 0.3) is 0 Å². The van der Waals surface area contributed by atoms with E-state index in [1.165, 1.54) is 18.4 Å². The van der Waals surface area contributed by atoms with Crippen molar-refractivity contribution in [3.05, 3.63) is 28.8 Å². The number of nitrogens with two attached hydrogens (primary N) is 1. The molecule has 26 heavy (non-hydrogen) atoms. The first-order chi connectivity index (χ1) is 12.4. The summed E-state index contributed by atoms with van der Waals surface area (Å²) in [5, 5.41) is 15.5. The molecule has 7 nitrogen and oxygen atoms in total. The van der Waals surface area contributed by atoms with Gasteiger partial charge in [0, 0.05) is 6.54 Å². The Kier molecular flexibility index (Phi) is 13.3. The van der Waals surface area contributed by atoms with Crippen LogP contribution in [0.5, 0.6) is 5.75 Å². The van der Waals surface area contributed by atoms with Gasteiger partial charge in [0.2, 0.25) is 0 Å². The van der Waals surface area contributed by atoms with Gasteiger partial charge in [-0.2, -0.15) is 0 Å². The van der Waals surface area contributed by atoms with Crippen LogP contribution >= 0.6 is 11.6 Å². The summed E-state index contributed by atoms with van der Waals surface area (Å²) in [5.74, 6) is -2.84. The number of hydrogen-bond acceptors (Lipinski definition) is 5. The highest BCUT2D eigenvalue weighted by Gasteiger charge is 2.09. The van der Waals surface area contributed by atoms with E-state index in [0.717, 1.165) is 44.8 Å². The maximum atomic E-state index is 9.10. The first-order valence-electron chi connectivity index (χ1n) is 8.57. The SMILES string of the molecule is CCCN(CCCCN)CCc1cccc(Cl)c1OC.O=C(O)C(=O)O. The van der Waals surface area contributed by atoms with Gasteiger partial charge in [-0.05, 0) is 56.9 Å². The first kappa shape index (κ1) is 24.2. The van der Waals surface area contributed by atoms with Crippen molar-refractivity contribution in [3.8, 4) is 5.75 Å². The molecule has 1 rings (SSSR count). The van der Waals surface area contributed by atoms with E-state index in [2.05, 4.69) is 17.9 Å². The van der Waals surface area contributed by atoms with Gasteiger partial charge in [-0.1, -0.05) is 30.7 Å². The molecule has 0 aliphatic carbocycles. The van der Waals surface area contributed by atoms with Crippen molar-refractivity contribution < 1.29 is 24.5 Å². The summed E-state index contributed by atoms with van der Waals surface area (Å²) in [6.07, 6.45) is 4.41. The molecule has 0 radical (unpaired) electrons. The van der Waals surface area contributed by atoms with E-state index >= 15 is 0 Å². The van der Waals surface area contributed by atoms with Crippen LogP contribution in [0.15, 0.2) is 18.2 Å². The van der Waals surface area contributed by atoms with Crippen LogP contribution < -0.4 is 10.5 Å². The predicted octanol–water partition coefficient (Wildman–Crippen LogP) is 2.50. The molecule has 8 heteroatoms. The number of unbranched alkanes of at least 4 members (excludes halogenated alkanes) is 1. The molecule has 0 unspecified atom stereocenters. The Balaban J connectivity index is 0.000000896. The molecule has 4 N–H and O–H groups in total. The summed E-state index contributed by atoms with van der Waals surface area (Å²) < 4.78 is 5.40. The molecule has 0 saturated carbocycles. The number of carbonyl (C=O) groups is 2. The lowest BCUT2D eigenvalue weighted by Gasteiger charge is -2.22. The highest BCUT2D eigenvalue weighted by atomic mass is 35.5. The van der Waals surface area contributed by atoms with Crippen LogP contribution in [-0.4, -0.2) is 60.3 Å². The molecular formula is C18H29ClN2O5. The number of ether oxygens (including phenoxy) is 1. The minimum Gasteiger partial charge on any atom is -0.495 e. The van der Waals surface area contributed by atoms with Gasteiger partial charge in [-0.3, -0.25) is 0 Å². The van der Waals surface area contributed by atoms with Gasteiger partial charge in [0.25, 0.3) is 0 Å². The largest absolute Gasteiger partial charge is 0.495 e. The minimum absolute atomic E-state index is 0.690. The van der Waals surface area contributed by atoms with E-state index in [4.69, 9.17) is 41.9 Å². The zero-order valence-electron chi connectivity index (χ0n) is 15.4. The van der Waals surface area contributed by atoms with E-state index in [1.54, 1.807) is 7.11 Å². The Morgan fingerprint density at radius 1 is 1.15 bits per heavy atom. The van der Waals surface area contributed by atoms with Crippen molar-refractivity contribution in [1.29, 1.82) is 0 Å². The Morgan fingerprint density at radius 2 is 1.81 bits per heavy atom. The fourth-order valence-corrected chi connectivity index (χ4v) is 2.66. The second-order valence-corrected chi connectivity index (χ2v) is 6.04. The van der Waals surface area contributed by atoms with Crippen molar-refractivity contribution in [2.45, 2.75) is 32.6 Å². The molecule has 0 aliphatic rings. The monoisotopic (exact) mass is 388 g/mol. The van der Waals surface area contributed by atoms with Gasteiger partial charge in [-0.25, -0.2) is 9.59 Å². The summed E-state index contributed by atoms with van der Waals surface area (Å²) in [4.78, 5) is 20.7. The number of rotatable bonds is 10. The van der Waals surface area contributed by atoms with Gasteiger partial charge in [-0.15, -0.1) is 0 Å². The standard InChI is InChI=1S/C16H27ClN2O.C2H2O4/c1-3-11-19(12-5-4-10-18)13-9-14-7-6-8-15(17)16(14)20-2;3-1(4)2(5)6/h6-8H,3-5,9-13,18H2,1-2H3;(H,3,4)(H,5,6). The molecule has 0 spiro atoms. The van der Waals surface area contributed by atoms with Crippen LogP contribution in [0.1, 0.15) is 31.7 Å². The van der Waals surface area contributed by atoms with Gasteiger partial charge >= 0.3 is 11.9 Å². The van der Waals surface area contributed by atoms with E-state index in [-0.39, 0.29) is 0 Å². The van der Waals surface area contributed by atoms with Crippen LogP contribution in [0, 0.1) is 0 Å². The molecule has 0 saturated heterocycles. The highest BCUT2D eigenvalue weighted by molar-refractivity contribution is 6.32. The molecule has 1 aromatic carbocycles. The summed E-state index contributed by atoms with van der Waals surface area (Å²) in [5.41, 5.74) is 6.74. The summed E-state index contributed by atoms with van der Waals surface area (Å²) in [6, 6.07) is 5.95. The van der Waals surface area contributed by atoms with Gasteiger partial charge in [0.1, 0.15) is 5.75 Å². The topological polar surface area (TPSA) is 113 Å². The number of benzene rings is 1. The summed E-state index contributed by atoms with van der Waals surface area (Å²) in [7, 11) is 1.68. The molecule has 0 bridgehead atoms. The van der Waals surface area contributed by atoms with Crippen molar-refractivity contribution >= 4 is 23.5 Å². The zero-order valence-corrected chi connectivity index (χ0v) is 16.2. The fourth-order valence-electron chi connectivity index (χ4n) is 2.39. The Hall–Kier alpha value is -1.83. The van der Waals surface area contributed by atoms with Crippen molar-refractivity contribution in [2.75, 3.05) is 33.3 Å². The lowest BCUT2D eigenvalue weighted by molar-refractivity contribution is -0.159. The lowest BCUT2D eigenvalue weighted by Crippen LogP contribution is -2.28. The van der Waals surface area contributed by atoms with Gasteiger partial charge < -0.3 is 25.6 Å². The Morgan fingerprint density at radius 3 is 2.31 bits per heavy atom. The molecule has 0 fully saturated rings. The molecule has 0 aliphatic heterocycles. The number of aliphatic carboxylic acids is 2. The molecule has 148 valence electrons. The number of para-hydroxylation sites is 1. The normalized spacial score (nSPS) is 10.2. The molecule has 1 aromatic rings. The molecule has 0 amide bonds. The number of carboxylic acid groups (broad SMARTS) is 2. The van der Waals surface area contributed by atoms with E-state index in [1.807, 2.05) is 12.1 Å². The second kappa shape index (κ2) is 14.4. The smallest absolute Gasteiger partial charge is 0.414 e. The van der Waals surface area contributed by atoms with Crippen LogP contribution in [0.2, 0.25) is 5.02 Å². The van der Waals surface area contributed by atoms with Crippen LogP contribution in [0.3, 0.4) is 0 Å². The molecule has 0 heterocycles. The van der Waals surface area contributed by atoms with Gasteiger partial charge in [0.15, 0.2) is 0 Å². The number of nitrogens with zero attached hydrogens (tertiary/aromatic N) is 1. The summed E-state index contributed by atoms with van der Waals surface area (Å²) in [6.45, 7) is 6.29. The van der Waals surface area contributed by atoms with Gasteiger partial charge in [0.05, 0.1) is 12.1 Å². The number of methoxy groups -OCH3 is 1. The van der Waals surface area contributed by atoms with E-state index < -0.39 is 11.9 Å². The summed E-state index contributed by atoms with van der Waals surface area (Å²) >= 11 is 6.16. The number of halogens is 1. The quantitative estimate of drug-likeness (QED) is 0.416. The van der Waals surface area contributed by atoms with Crippen LogP contribution in [-0.2, 0) is 16.0 Å². The average molecular weight is 389 g/mol. The number of hydrogen-bond donors (Lipinski definition) is 3. The third kappa shape index (κ3) is 10.2. The fraction of sp³-hybridized carbons (Fsp3) is 0.556. The Labute approximate surface area is 159 Å². The minimum atomic E-state index is -1.82. The first-order valence-corrected chi connectivity index (χ1v) is 8.95. The average Bonchev–Trinajstić information content (AvgIpc) is 2.60. The van der Waals surface area contributed by atoms with Crippen molar-refractivity contribution in [3.63, 3.8) is 0 Å². The second-order valence-electron chi connectivity index (χ2n) is 5.63. The van der Waals surface area contributed by atoms with Crippen LogP contribution in [0.4, 0.5) is 0 Å². The zero-order chi connectivity index (χ0) is 19.9. The van der Waals surface area contributed by atoms with Crippen molar-refractivity contribution in [1.82, 2.24) is 4.90 Å². The van der Waals surface area contributed by atoms with E-state index in [0.29, 0.717) is 5.02 Å². The number of carboxylic acids is 2. The maximum absolute atomic E-state index is 9.10. The highest BCUT2D eigenvalue weighted by Crippen LogP contribution is 2.28.